The summed E-state index contributed by atoms with van der Waals surface area (Å²) in [5, 5.41) is 0. The van der Waals surface area contributed by atoms with Crippen LogP contribution < -0.4 is 4.74 Å². The van der Waals surface area contributed by atoms with Crippen LogP contribution >= 0.6 is 0 Å². The lowest BCUT2D eigenvalue weighted by atomic mass is 9.55. The summed E-state index contributed by atoms with van der Waals surface area (Å²) in [4.78, 5) is 0. The lowest BCUT2D eigenvalue weighted by Crippen LogP contribution is -2.41. The summed E-state index contributed by atoms with van der Waals surface area (Å²) in [7, 11) is 0. The fourth-order valence-corrected chi connectivity index (χ4v) is 7.26. The van der Waals surface area contributed by atoms with Crippen LogP contribution in [0.1, 0.15) is 83.1 Å². The van der Waals surface area contributed by atoms with Gasteiger partial charge in [0.25, 0.3) is 0 Å². The van der Waals surface area contributed by atoms with Crippen molar-refractivity contribution in [3.05, 3.63) is 29.3 Å². The van der Waals surface area contributed by atoms with Gasteiger partial charge in [0.1, 0.15) is 0 Å². The van der Waals surface area contributed by atoms with Crippen LogP contribution in [0, 0.1) is 47.1 Å². The molecule has 32 heavy (non-hydrogen) atoms. The molecule has 1 unspecified atom stereocenters. The molecule has 0 N–H and O–H groups in total. The van der Waals surface area contributed by atoms with Gasteiger partial charge in [-0.25, -0.2) is 8.78 Å². The molecule has 6 atom stereocenters. The molecule has 4 rings (SSSR count). The van der Waals surface area contributed by atoms with Crippen molar-refractivity contribution in [2.45, 2.75) is 90.3 Å². The molecule has 3 aliphatic rings. The maximum Gasteiger partial charge on any atom is 0.573 e. The van der Waals surface area contributed by atoms with Gasteiger partial charge in [-0.2, -0.15) is 0 Å². The van der Waals surface area contributed by atoms with Crippen LogP contribution in [-0.2, 0) is 6.42 Å². The molecule has 0 radical (unpaired) electrons. The molecule has 3 fully saturated rings. The summed E-state index contributed by atoms with van der Waals surface area (Å²) < 4.78 is 68.5. The average Bonchev–Trinajstić information content (AvgIpc) is 2.74. The molecule has 0 saturated heterocycles. The van der Waals surface area contributed by atoms with E-state index in [1.807, 2.05) is 0 Å². The van der Waals surface area contributed by atoms with Crippen LogP contribution in [0.25, 0.3) is 0 Å². The molecule has 0 bridgehead atoms. The van der Waals surface area contributed by atoms with Gasteiger partial charge in [-0.3, -0.25) is 0 Å². The Kier molecular flexibility index (Phi) is 7.36. The van der Waals surface area contributed by atoms with Crippen molar-refractivity contribution in [1.29, 1.82) is 0 Å². The minimum atomic E-state index is -5.11. The van der Waals surface area contributed by atoms with E-state index in [1.165, 1.54) is 57.8 Å². The third kappa shape index (κ3) is 5.59. The number of hydrogen-bond donors (Lipinski definition) is 0. The van der Waals surface area contributed by atoms with Crippen molar-refractivity contribution in [1.82, 2.24) is 0 Å². The van der Waals surface area contributed by atoms with Crippen LogP contribution in [0.3, 0.4) is 0 Å². The smallest absolute Gasteiger partial charge is 0.399 e. The number of fused-ring (bicyclic) bond motifs is 3. The van der Waals surface area contributed by atoms with Gasteiger partial charge in [-0.05, 0) is 105 Å². The van der Waals surface area contributed by atoms with Crippen molar-refractivity contribution in [2.24, 2.45) is 35.5 Å². The third-order valence-electron chi connectivity index (χ3n) is 8.57. The van der Waals surface area contributed by atoms with E-state index < -0.39 is 23.7 Å². The Morgan fingerprint density at radius 3 is 1.84 bits per heavy atom. The normalized spacial score (nSPS) is 32.8. The largest absolute Gasteiger partial charge is 0.573 e. The molecule has 6 heteroatoms. The average molecular weight is 459 g/mol. The van der Waals surface area contributed by atoms with E-state index in [4.69, 9.17) is 0 Å². The zero-order valence-electron chi connectivity index (χ0n) is 18.9. The van der Waals surface area contributed by atoms with E-state index in [-0.39, 0.29) is 0 Å². The maximum absolute atomic E-state index is 14.0. The monoisotopic (exact) mass is 458 g/mol. The van der Waals surface area contributed by atoms with Crippen molar-refractivity contribution in [2.75, 3.05) is 0 Å². The summed E-state index contributed by atoms with van der Waals surface area (Å²) in [5.74, 6) is 0.941. The molecular weight excluding hydrogens is 423 g/mol. The van der Waals surface area contributed by atoms with Crippen molar-refractivity contribution in [3.63, 3.8) is 0 Å². The molecular formula is C26H35F5O. The summed E-state index contributed by atoms with van der Waals surface area (Å²) in [6, 6.07) is 1.96. The molecule has 0 spiro atoms. The molecule has 1 nitrogen and oxygen atoms in total. The summed E-state index contributed by atoms with van der Waals surface area (Å²) in [6.07, 6.45) is 9.35. The first-order valence-corrected chi connectivity index (χ1v) is 12.5. The van der Waals surface area contributed by atoms with Gasteiger partial charge in [0.2, 0.25) is 5.75 Å². The zero-order valence-corrected chi connectivity index (χ0v) is 18.9. The van der Waals surface area contributed by atoms with Gasteiger partial charge < -0.3 is 4.74 Å². The second kappa shape index (κ2) is 9.89. The van der Waals surface area contributed by atoms with E-state index >= 15 is 0 Å². The van der Waals surface area contributed by atoms with E-state index in [0.29, 0.717) is 17.9 Å². The first-order valence-electron chi connectivity index (χ1n) is 12.5. The number of halogens is 5. The molecule has 0 aliphatic heterocycles. The highest BCUT2D eigenvalue weighted by atomic mass is 19.4. The van der Waals surface area contributed by atoms with Gasteiger partial charge in [0.05, 0.1) is 0 Å². The molecule has 3 saturated carbocycles. The number of alkyl halides is 3. The Morgan fingerprint density at radius 1 is 0.812 bits per heavy atom. The maximum atomic E-state index is 14.0. The summed E-state index contributed by atoms with van der Waals surface area (Å²) in [6.45, 7) is 2.29. The Labute approximate surface area is 188 Å². The number of hydrogen-bond acceptors (Lipinski definition) is 1. The Morgan fingerprint density at radius 2 is 1.34 bits per heavy atom. The van der Waals surface area contributed by atoms with Crippen molar-refractivity contribution in [3.8, 4) is 5.75 Å². The standard InChI is InChI=1S/C26H35F5O/c1-2-3-16-6-10-21-19(12-16)8-9-20-13-17(7-11-22(20)21)4-5-18-14-23(27)25(24(28)15-18)32-26(29,30)31/h14-17,19-22H,2-13H2,1H3/t16-,17?,19-,20+,21+,22+/m1/s1. The van der Waals surface area contributed by atoms with Gasteiger partial charge >= 0.3 is 6.36 Å². The quantitative estimate of drug-likeness (QED) is 0.389. The Bertz CT molecular complexity index is 753. The van der Waals surface area contributed by atoms with Crippen molar-refractivity contribution < 1.29 is 26.7 Å². The number of aryl methyl sites for hydroxylation is 1. The molecule has 0 heterocycles. The Hall–Kier alpha value is -1.33. The first kappa shape index (κ1) is 23.8. The number of rotatable bonds is 6. The van der Waals surface area contributed by atoms with E-state index in [2.05, 4.69) is 11.7 Å². The Balaban J connectivity index is 1.30. The van der Waals surface area contributed by atoms with Gasteiger partial charge in [0.15, 0.2) is 11.6 Å². The summed E-state index contributed by atoms with van der Waals surface area (Å²) in [5.41, 5.74) is 0.398. The lowest BCUT2D eigenvalue weighted by molar-refractivity contribution is -0.276. The highest BCUT2D eigenvalue weighted by Gasteiger charge is 2.44. The van der Waals surface area contributed by atoms with Crippen molar-refractivity contribution >= 4 is 0 Å². The first-order chi connectivity index (χ1) is 15.2. The second-order valence-electron chi connectivity index (χ2n) is 10.5. The topological polar surface area (TPSA) is 9.23 Å². The minimum Gasteiger partial charge on any atom is -0.399 e. The van der Waals surface area contributed by atoms with Crippen LogP contribution in [0.5, 0.6) is 5.75 Å². The molecule has 180 valence electrons. The molecule has 0 aromatic heterocycles. The number of benzene rings is 1. The fraction of sp³-hybridized carbons (Fsp3) is 0.769. The van der Waals surface area contributed by atoms with Gasteiger partial charge in [-0.15, -0.1) is 13.2 Å². The zero-order chi connectivity index (χ0) is 22.9. The van der Waals surface area contributed by atoms with Crippen LogP contribution in [0.15, 0.2) is 12.1 Å². The third-order valence-corrected chi connectivity index (χ3v) is 8.57. The predicted octanol–water partition coefficient (Wildman–Crippen LogP) is 8.45. The predicted molar refractivity (Wildman–Crippen MR) is 114 cm³/mol. The lowest BCUT2D eigenvalue weighted by Gasteiger charge is -2.51. The summed E-state index contributed by atoms with van der Waals surface area (Å²) >= 11 is 0. The van der Waals surface area contributed by atoms with E-state index in [0.717, 1.165) is 54.6 Å². The van der Waals surface area contributed by atoms with Gasteiger partial charge in [-0.1, -0.05) is 32.6 Å². The van der Waals surface area contributed by atoms with Crippen LogP contribution in [0.4, 0.5) is 22.0 Å². The van der Waals surface area contributed by atoms with E-state index in [1.54, 1.807) is 0 Å². The van der Waals surface area contributed by atoms with Crippen LogP contribution in [0.2, 0.25) is 0 Å². The van der Waals surface area contributed by atoms with Crippen LogP contribution in [-0.4, -0.2) is 6.36 Å². The highest BCUT2D eigenvalue weighted by Crippen LogP contribution is 2.54. The van der Waals surface area contributed by atoms with E-state index in [9.17, 15) is 22.0 Å². The second-order valence-corrected chi connectivity index (χ2v) is 10.5. The molecule has 1 aromatic carbocycles. The minimum absolute atomic E-state index is 0.398. The molecule has 0 amide bonds. The molecule has 3 aliphatic carbocycles. The van der Waals surface area contributed by atoms with Gasteiger partial charge in [0, 0.05) is 0 Å². The highest BCUT2D eigenvalue weighted by molar-refractivity contribution is 5.31. The molecule has 1 aromatic rings. The fourth-order valence-electron chi connectivity index (χ4n) is 7.26. The SMILES string of the molecule is CCC[C@@H]1CC[C@H]2[C@H](CC[C@H]3CC(CCc4cc(F)c(OC(F)(F)F)c(F)c4)CC[C@@H]32)C1. The number of ether oxygens (including phenoxy) is 1.